The second-order valence-corrected chi connectivity index (χ2v) is 8.95. The van der Waals surface area contributed by atoms with Crippen molar-refractivity contribution in [3.63, 3.8) is 0 Å². The van der Waals surface area contributed by atoms with Gasteiger partial charge in [-0.3, -0.25) is 14.5 Å². The van der Waals surface area contributed by atoms with Gasteiger partial charge in [0.25, 0.3) is 11.8 Å². The van der Waals surface area contributed by atoms with E-state index in [0.717, 1.165) is 6.07 Å². The van der Waals surface area contributed by atoms with Gasteiger partial charge in [0.2, 0.25) is 0 Å². The van der Waals surface area contributed by atoms with Crippen LogP contribution >= 0.6 is 0 Å². The maximum atomic E-state index is 13.8. The van der Waals surface area contributed by atoms with Crippen LogP contribution in [-0.2, 0) is 6.18 Å². The SMILES string of the molecule is COc1ccccc1-c1cc(C(F)(F)F)nn1-c1ccc2c3c(cccc13)C(=O)N(CCN(C)C)C2=O. The molecule has 0 spiro atoms. The van der Waals surface area contributed by atoms with Crippen LogP contribution in [0, 0.1) is 0 Å². The van der Waals surface area contributed by atoms with Crippen molar-refractivity contribution in [3.05, 3.63) is 77.5 Å². The number of benzene rings is 3. The fraction of sp³-hybridized carbons (Fsp3) is 0.222. The molecule has 3 aromatic carbocycles. The van der Waals surface area contributed by atoms with E-state index in [4.69, 9.17) is 4.74 Å². The molecule has 4 aromatic rings. The molecule has 0 bridgehead atoms. The largest absolute Gasteiger partial charge is 0.496 e. The molecule has 1 aliphatic rings. The molecule has 2 amide bonds. The number of ether oxygens (including phenoxy) is 1. The first-order valence-electron chi connectivity index (χ1n) is 11.5. The van der Waals surface area contributed by atoms with Gasteiger partial charge in [-0.1, -0.05) is 24.3 Å². The van der Waals surface area contributed by atoms with Crippen molar-refractivity contribution in [2.75, 3.05) is 34.3 Å². The molecule has 0 fully saturated rings. The minimum absolute atomic E-state index is 0.159. The van der Waals surface area contributed by atoms with E-state index in [1.807, 2.05) is 19.0 Å². The Labute approximate surface area is 210 Å². The van der Waals surface area contributed by atoms with Crippen LogP contribution < -0.4 is 4.74 Å². The monoisotopic (exact) mass is 508 g/mol. The highest BCUT2D eigenvalue weighted by atomic mass is 19.4. The number of imide groups is 1. The van der Waals surface area contributed by atoms with E-state index in [-0.39, 0.29) is 12.2 Å². The van der Waals surface area contributed by atoms with Gasteiger partial charge < -0.3 is 9.64 Å². The Bertz CT molecular complexity index is 1520. The third-order valence-electron chi connectivity index (χ3n) is 6.35. The zero-order valence-electron chi connectivity index (χ0n) is 20.3. The van der Waals surface area contributed by atoms with Crippen molar-refractivity contribution < 1.29 is 27.5 Å². The highest BCUT2D eigenvalue weighted by molar-refractivity contribution is 6.26. The molecule has 2 heterocycles. The van der Waals surface area contributed by atoms with Crippen LogP contribution in [0.15, 0.2) is 60.7 Å². The molecule has 1 aliphatic heterocycles. The number of amides is 2. The fourth-order valence-corrected chi connectivity index (χ4v) is 4.57. The van der Waals surface area contributed by atoms with Crippen LogP contribution in [0.3, 0.4) is 0 Å². The summed E-state index contributed by atoms with van der Waals surface area (Å²) in [5, 5.41) is 4.75. The van der Waals surface area contributed by atoms with Gasteiger partial charge in [0, 0.05) is 40.6 Å². The Morgan fingerprint density at radius 3 is 2.27 bits per heavy atom. The number of carbonyl (C=O) groups excluding carboxylic acids is 2. The van der Waals surface area contributed by atoms with E-state index in [1.54, 1.807) is 54.6 Å². The Hall–Kier alpha value is -4.18. The van der Waals surface area contributed by atoms with Crippen LogP contribution in [0.5, 0.6) is 5.75 Å². The standard InChI is InChI=1S/C27H23F3N4O3/c1-32(2)13-14-33-25(35)18-9-6-8-17-20(12-11-19(24(17)18)26(33)36)34-21(15-23(31-34)27(28,29)30)16-7-4-5-10-22(16)37-3/h4-12,15H,13-14H2,1-3H3. The predicted molar refractivity (Wildman–Crippen MR) is 132 cm³/mol. The van der Waals surface area contributed by atoms with Gasteiger partial charge in [0.1, 0.15) is 5.75 Å². The summed E-state index contributed by atoms with van der Waals surface area (Å²) in [5.41, 5.74) is 0.432. The number of halogens is 3. The molecule has 0 radical (unpaired) electrons. The zero-order valence-corrected chi connectivity index (χ0v) is 20.3. The van der Waals surface area contributed by atoms with Gasteiger partial charge in [-0.25, -0.2) is 4.68 Å². The molecule has 1 aromatic heterocycles. The summed E-state index contributed by atoms with van der Waals surface area (Å²) < 4.78 is 47.9. The van der Waals surface area contributed by atoms with Crippen molar-refractivity contribution >= 4 is 22.6 Å². The molecule has 0 saturated carbocycles. The van der Waals surface area contributed by atoms with Gasteiger partial charge in [0.15, 0.2) is 5.69 Å². The first kappa shape index (κ1) is 24.5. The molecule has 0 aliphatic carbocycles. The van der Waals surface area contributed by atoms with Crippen LogP contribution in [0.25, 0.3) is 27.7 Å². The summed E-state index contributed by atoms with van der Waals surface area (Å²) in [6.07, 6.45) is -4.69. The number of alkyl halides is 3. The summed E-state index contributed by atoms with van der Waals surface area (Å²) in [5.74, 6) is -0.506. The van der Waals surface area contributed by atoms with Crippen molar-refractivity contribution in [1.82, 2.24) is 19.6 Å². The number of aromatic nitrogens is 2. The Balaban J connectivity index is 1.74. The normalized spacial score (nSPS) is 13.6. The second kappa shape index (κ2) is 9.04. The van der Waals surface area contributed by atoms with Crippen molar-refractivity contribution in [3.8, 4) is 22.7 Å². The lowest BCUT2D eigenvalue weighted by Crippen LogP contribution is -2.43. The third kappa shape index (κ3) is 4.13. The summed E-state index contributed by atoms with van der Waals surface area (Å²) >= 11 is 0. The highest BCUT2D eigenvalue weighted by Gasteiger charge is 2.37. The minimum atomic E-state index is -4.69. The first-order chi connectivity index (χ1) is 17.6. The Morgan fingerprint density at radius 2 is 1.59 bits per heavy atom. The van der Waals surface area contributed by atoms with E-state index in [0.29, 0.717) is 45.4 Å². The molecule has 0 atom stereocenters. The maximum Gasteiger partial charge on any atom is 0.435 e. The lowest BCUT2D eigenvalue weighted by molar-refractivity contribution is -0.141. The van der Waals surface area contributed by atoms with Crippen LogP contribution in [0.2, 0.25) is 0 Å². The molecule has 0 unspecified atom stereocenters. The van der Waals surface area contributed by atoms with Gasteiger partial charge >= 0.3 is 6.18 Å². The number of methoxy groups -OCH3 is 1. The minimum Gasteiger partial charge on any atom is -0.496 e. The van der Waals surface area contributed by atoms with Crippen molar-refractivity contribution in [2.24, 2.45) is 0 Å². The van der Waals surface area contributed by atoms with E-state index in [9.17, 15) is 22.8 Å². The van der Waals surface area contributed by atoms with E-state index < -0.39 is 23.7 Å². The van der Waals surface area contributed by atoms with Gasteiger partial charge in [-0.05, 0) is 50.5 Å². The van der Waals surface area contributed by atoms with Gasteiger partial charge in [-0.2, -0.15) is 18.3 Å². The topological polar surface area (TPSA) is 67.7 Å². The quantitative estimate of drug-likeness (QED) is 0.348. The number of nitrogens with zero attached hydrogens (tertiary/aromatic N) is 4. The highest BCUT2D eigenvalue weighted by Crippen LogP contribution is 2.39. The fourth-order valence-electron chi connectivity index (χ4n) is 4.57. The van der Waals surface area contributed by atoms with Crippen LogP contribution in [0.4, 0.5) is 13.2 Å². The molecule has 37 heavy (non-hydrogen) atoms. The average molecular weight is 509 g/mol. The van der Waals surface area contributed by atoms with Crippen molar-refractivity contribution in [1.29, 1.82) is 0 Å². The average Bonchev–Trinajstić information content (AvgIpc) is 3.32. The number of rotatable bonds is 6. The Morgan fingerprint density at radius 1 is 0.919 bits per heavy atom. The smallest absolute Gasteiger partial charge is 0.435 e. The third-order valence-corrected chi connectivity index (χ3v) is 6.35. The number of likely N-dealkylation sites (N-methyl/N-ethyl adjacent to an activating group) is 1. The summed E-state index contributed by atoms with van der Waals surface area (Å²) in [4.78, 5) is 29.6. The van der Waals surface area contributed by atoms with Crippen LogP contribution in [0.1, 0.15) is 26.4 Å². The summed E-state index contributed by atoms with van der Waals surface area (Å²) in [7, 11) is 5.13. The second-order valence-electron chi connectivity index (χ2n) is 8.95. The lowest BCUT2D eigenvalue weighted by Gasteiger charge is -2.28. The number of para-hydroxylation sites is 1. The number of carbonyl (C=O) groups is 2. The lowest BCUT2D eigenvalue weighted by atomic mass is 9.93. The summed E-state index contributed by atoms with van der Waals surface area (Å²) in [6, 6.07) is 15.7. The van der Waals surface area contributed by atoms with E-state index >= 15 is 0 Å². The molecule has 0 N–H and O–H groups in total. The molecule has 0 saturated heterocycles. The van der Waals surface area contributed by atoms with Crippen molar-refractivity contribution in [2.45, 2.75) is 6.18 Å². The van der Waals surface area contributed by atoms with Gasteiger partial charge in [-0.15, -0.1) is 0 Å². The molecule has 7 nitrogen and oxygen atoms in total. The maximum absolute atomic E-state index is 13.8. The van der Waals surface area contributed by atoms with E-state index in [1.165, 1.54) is 16.7 Å². The summed E-state index contributed by atoms with van der Waals surface area (Å²) in [6.45, 7) is 0.713. The molecule has 5 rings (SSSR count). The van der Waals surface area contributed by atoms with Crippen LogP contribution in [-0.4, -0.2) is 65.7 Å². The first-order valence-corrected chi connectivity index (χ1v) is 11.5. The zero-order chi connectivity index (χ0) is 26.5. The van der Waals surface area contributed by atoms with Gasteiger partial charge in [0.05, 0.1) is 18.5 Å². The molecular formula is C27H23F3N4O3. The predicted octanol–water partition coefficient (Wildman–Crippen LogP) is 4.88. The molecule has 10 heteroatoms. The van der Waals surface area contributed by atoms with E-state index in [2.05, 4.69) is 5.10 Å². The number of hydrogen-bond donors (Lipinski definition) is 0. The molecule has 190 valence electrons. The number of hydrogen-bond acceptors (Lipinski definition) is 5. The molecular weight excluding hydrogens is 485 g/mol. The Kier molecular flexibility index (Phi) is 5.99.